The molecule has 3 atom stereocenters. The van der Waals surface area contributed by atoms with E-state index in [0.29, 0.717) is 6.42 Å². The summed E-state index contributed by atoms with van der Waals surface area (Å²) in [5, 5.41) is 32.9. The first-order valence-corrected chi connectivity index (χ1v) is 20.3. The summed E-state index contributed by atoms with van der Waals surface area (Å²) in [6.07, 6.45) is 46.1. The van der Waals surface area contributed by atoms with Gasteiger partial charge in [-0.2, -0.15) is 0 Å². The molecule has 0 bridgehead atoms. The smallest absolute Gasteiger partial charge is 0.249 e. The van der Waals surface area contributed by atoms with E-state index in [1.54, 1.807) is 6.08 Å². The molecule has 0 radical (unpaired) electrons. The number of carbonyl (C=O) groups excluding carboxylic acids is 1. The Hall–Kier alpha value is -1.43. The van der Waals surface area contributed by atoms with Crippen molar-refractivity contribution < 1.29 is 20.1 Å². The maximum absolute atomic E-state index is 12.4. The average molecular weight is 662 g/mol. The fourth-order valence-corrected chi connectivity index (χ4v) is 5.96. The zero-order valence-electron chi connectivity index (χ0n) is 31.2. The SMILES string of the molecule is CCCCC/C=C\CCCCCCC(O)C(=O)NC(CO)C(O)/C=C/CC/C=C/CCCCCCCCCCCCCCCCCC. The van der Waals surface area contributed by atoms with Crippen molar-refractivity contribution in [2.45, 2.75) is 218 Å². The average Bonchev–Trinajstić information content (AvgIpc) is 3.07. The molecule has 276 valence electrons. The standard InChI is InChI=1S/C42H79NO4/c1-3-5-7-9-11-13-15-16-17-18-19-20-21-22-23-24-25-27-28-30-32-34-36-40(45)39(38-44)43-42(47)41(46)37-35-33-31-29-26-14-12-10-8-6-4-2/h12,14,27-28,34,36,39-41,44-46H,3-11,13,15-26,29-33,35,37-38H2,1-2H3,(H,43,47)/b14-12-,28-27+,36-34+. The molecule has 0 rings (SSSR count). The van der Waals surface area contributed by atoms with Crippen LogP contribution in [0.4, 0.5) is 0 Å². The quantitative estimate of drug-likeness (QED) is 0.0397. The van der Waals surface area contributed by atoms with Gasteiger partial charge in [0.1, 0.15) is 6.10 Å². The van der Waals surface area contributed by atoms with Gasteiger partial charge in [-0.1, -0.05) is 179 Å². The first kappa shape index (κ1) is 45.6. The number of unbranched alkanes of at least 4 members (excludes halogenated alkanes) is 24. The number of hydrogen-bond donors (Lipinski definition) is 4. The van der Waals surface area contributed by atoms with Crippen LogP contribution in [-0.2, 0) is 4.79 Å². The molecule has 0 saturated carbocycles. The van der Waals surface area contributed by atoms with Crippen LogP contribution < -0.4 is 5.32 Å². The third kappa shape index (κ3) is 32.9. The Labute approximate surface area is 292 Å². The van der Waals surface area contributed by atoms with Crippen LogP contribution in [0.3, 0.4) is 0 Å². The highest BCUT2D eigenvalue weighted by Crippen LogP contribution is 2.14. The Morgan fingerprint density at radius 2 is 0.872 bits per heavy atom. The number of aliphatic hydroxyl groups excluding tert-OH is 3. The van der Waals surface area contributed by atoms with Crippen molar-refractivity contribution in [2.75, 3.05) is 6.61 Å². The molecule has 0 heterocycles. The van der Waals surface area contributed by atoms with E-state index in [1.807, 2.05) is 6.08 Å². The number of carbonyl (C=O) groups is 1. The van der Waals surface area contributed by atoms with E-state index < -0.39 is 24.2 Å². The van der Waals surface area contributed by atoms with Crippen molar-refractivity contribution in [2.24, 2.45) is 0 Å². The zero-order chi connectivity index (χ0) is 34.5. The minimum absolute atomic E-state index is 0.380. The van der Waals surface area contributed by atoms with Crippen molar-refractivity contribution in [1.82, 2.24) is 5.32 Å². The Bertz CT molecular complexity index is 734. The first-order valence-electron chi connectivity index (χ1n) is 20.3. The van der Waals surface area contributed by atoms with Gasteiger partial charge >= 0.3 is 0 Å². The van der Waals surface area contributed by atoms with E-state index in [9.17, 15) is 20.1 Å². The molecule has 0 aliphatic carbocycles. The van der Waals surface area contributed by atoms with Crippen LogP contribution in [0.2, 0.25) is 0 Å². The second-order valence-corrected chi connectivity index (χ2v) is 13.8. The van der Waals surface area contributed by atoms with Crippen molar-refractivity contribution >= 4 is 5.91 Å². The van der Waals surface area contributed by atoms with Crippen LogP contribution in [0.15, 0.2) is 36.5 Å². The lowest BCUT2D eigenvalue weighted by Gasteiger charge is -2.21. The fraction of sp³-hybridized carbons (Fsp3) is 0.833. The highest BCUT2D eigenvalue weighted by atomic mass is 16.3. The second-order valence-electron chi connectivity index (χ2n) is 13.8. The molecule has 0 aromatic carbocycles. The normalized spacial score (nSPS) is 14.1. The lowest BCUT2D eigenvalue weighted by Crippen LogP contribution is -2.48. The summed E-state index contributed by atoms with van der Waals surface area (Å²) in [4.78, 5) is 12.4. The molecule has 0 aromatic heterocycles. The first-order chi connectivity index (χ1) is 23.1. The van der Waals surface area contributed by atoms with Gasteiger partial charge in [-0.3, -0.25) is 4.79 Å². The summed E-state index contributed by atoms with van der Waals surface area (Å²) < 4.78 is 0. The van der Waals surface area contributed by atoms with Gasteiger partial charge in [0, 0.05) is 0 Å². The topological polar surface area (TPSA) is 89.8 Å². The summed E-state index contributed by atoms with van der Waals surface area (Å²) in [5.41, 5.74) is 0. The number of rotatable bonds is 36. The van der Waals surface area contributed by atoms with Gasteiger partial charge in [-0.15, -0.1) is 0 Å². The zero-order valence-corrected chi connectivity index (χ0v) is 31.2. The van der Waals surface area contributed by atoms with Crippen LogP contribution in [0.1, 0.15) is 200 Å². The third-order valence-corrected chi connectivity index (χ3v) is 9.20. The van der Waals surface area contributed by atoms with Crippen LogP contribution in [0, 0.1) is 0 Å². The largest absolute Gasteiger partial charge is 0.394 e. The highest BCUT2D eigenvalue weighted by Gasteiger charge is 2.22. The second kappa shape index (κ2) is 37.4. The summed E-state index contributed by atoms with van der Waals surface area (Å²) >= 11 is 0. The van der Waals surface area contributed by atoms with Gasteiger partial charge in [0.05, 0.1) is 18.8 Å². The monoisotopic (exact) mass is 662 g/mol. The van der Waals surface area contributed by atoms with Gasteiger partial charge < -0.3 is 20.6 Å². The number of allylic oxidation sites excluding steroid dienone is 5. The minimum atomic E-state index is -1.11. The number of aliphatic hydroxyl groups is 3. The van der Waals surface area contributed by atoms with Crippen LogP contribution in [0.25, 0.3) is 0 Å². The van der Waals surface area contributed by atoms with E-state index >= 15 is 0 Å². The lowest BCUT2D eigenvalue weighted by atomic mass is 10.0. The van der Waals surface area contributed by atoms with Crippen molar-refractivity contribution in [3.63, 3.8) is 0 Å². The van der Waals surface area contributed by atoms with Crippen LogP contribution >= 0.6 is 0 Å². The minimum Gasteiger partial charge on any atom is -0.394 e. The summed E-state index contributed by atoms with van der Waals surface area (Å²) in [6.45, 7) is 4.13. The van der Waals surface area contributed by atoms with Crippen LogP contribution in [0.5, 0.6) is 0 Å². The third-order valence-electron chi connectivity index (χ3n) is 9.20. The summed E-state index contributed by atoms with van der Waals surface area (Å²) in [5.74, 6) is -0.525. The molecule has 5 heteroatoms. The molecule has 1 amide bonds. The van der Waals surface area contributed by atoms with Crippen molar-refractivity contribution in [1.29, 1.82) is 0 Å². The van der Waals surface area contributed by atoms with Crippen LogP contribution in [-0.4, -0.2) is 46.1 Å². The number of nitrogens with one attached hydrogen (secondary N) is 1. The maximum Gasteiger partial charge on any atom is 0.249 e. The molecule has 4 N–H and O–H groups in total. The van der Waals surface area contributed by atoms with E-state index in [-0.39, 0.29) is 6.61 Å². The van der Waals surface area contributed by atoms with Gasteiger partial charge in [0.25, 0.3) is 0 Å². The molecule has 5 nitrogen and oxygen atoms in total. The predicted molar refractivity (Wildman–Crippen MR) is 204 cm³/mol. The summed E-state index contributed by atoms with van der Waals surface area (Å²) in [7, 11) is 0. The fourth-order valence-electron chi connectivity index (χ4n) is 5.96. The van der Waals surface area contributed by atoms with Gasteiger partial charge in [-0.05, 0) is 57.8 Å². The molecule has 0 fully saturated rings. The van der Waals surface area contributed by atoms with Crippen molar-refractivity contribution in [3.05, 3.63) is 36.5 Å². The van der Waals surface area contributed by atoms with E-state index in [1.165, 1.54) is 128 Å². The molecule has 3 unspecified atom stereocenters. The number of hydrogen-bond acceptors (Lipinski definition) is 4. The Morgan fingerprint density at radius 1 is 0.511 bits per heavy atom. The van der Waals surface area contributed by atoms with Crippen molar-refractivity contribution in [3.8, 4) is 0 Å². The molecule has 0 spiro atoms. The summed E-state index contributed by atoms with van der Waals surface area (Å²) in [6, 6.07) is -0.817. The highest BCUT2D eigenvalue weighted by molar-refractivity contribution is 5.80. The molecular weight excluding hydrogens is 582 g/mol. The van der Waals surface area contributed by atoms with Gasteiger partial charge in [0.15, 0.2) is 0 Å². The molecular formula is C42H79NO4. The molecule has 0 aliphatic heterocycles. The lowest BCUT2D eigenvalue weighted by molar-refractivity contribution is -0.131. The Morgan fingerprint density at radius 3 is 1.34 bits per heavy atom. The molecule has 0 aromatic rings. The van der Waals surface area contributed by atoms with E-state index in [0.717, 1.165) is 51.4 Å². The number of amides is 1. The maximum atomic E-state index is 12.4. The Kier molecular flexibility index (Phi) is 36.3. The van der Waals surface area contributed by atoms with E-state index in [4.69, 9.17) is 0 Å². The Balaban J connectivity index is 3.72. The van der Waals surface area contributed by atoms with Gasteiger partial charge in [0.2, 0.25) is 5.91 Å². The predicted octanol–water partition coefficient (Wildman–Crippen LogP) is 11.2. The molecule has 47 heavy (non-hydrogen) atoms. The molecule has 0 saturated heterocycles. The van der Waals surface area contributed by atoms with E-state index in [2.05, 4.69) is 43.5 Å². The molecule has 0 aliphatic rings. The van der Waals surface area contributed by atoms with Gasteiger partial charge in [-0.25, -0.2) is 0 Å².